The van der Waals surface area contributed by atoms with Crippen molar-refractivity contribution in [1.82, 2.24) is 0 Å². The van der Waals surface area contributed by atoms with Crippen molar-refractivity contribution in [2.24, 2.45) is 5.11 Å². The van der Waals surface area contributed by atoms with Gasteiger partial charge in [-0.15, -0.1) is 0 Å². The smallest absolute Gasteiger partial charge is 0.303 e. The van der Waals surface area contributed by atoms with E-state index in [-0.39, 0.29) is 6.61 Å². The highest BCUT2D eigenvalue weighted by Crippen LogP contribution is 2.28. The van der Waals surface area contributed by atoms with Crippen LogP contribution in [-0.2, 0) is 33.3 Å². The molecule has 130 valence electrons. The molecular formula is C13H16N4O7. The van der Waals surface area contributed by atoms with Gasteiger partial charge in [0.1, 0.15) is 24.9 Å². The maximum absolute atomic E-state index is 11.3. The van der Waals surface area contributed by atoms with E-state index < -0.39 is 48.4 Å². The molecule has 1 saturated heterocycles. The van der Waals surface area contributed by atoms with Crippen LogP contribution in [0.2, 0.25) is 0 Å². The number of rotatable bonds is 5. The van der Waals surface area contributed by atoms with Crippen LogP contribution >= 0.6 is 0 Å². The molecule has 0 aromatic rings. The molecule has 0 amide bonds. The van der Waals surface area contributed by atoms with Gasteiger partial charge >= 0.3 is 17.9 Å². The third-order valence-electron chi connectivity index (χ3n) is 3.03. The lowest BCUT2D eigenvalue weighted by Crippen LogP contribution is -2.60. The van der Waals surface area contributed by atoms with Crippen LogP contribution in [0.15, 0.2) is 5.11 Å². The third kappa shape index (κ3) is 5.12. The zero-order valence-corrected chi connectivity index (χ0v) is 13.2. The standard InChI is InChI=1S/C13H16N4O7/c1-6(18)21-5-10-13(23-8(3)20)11(16-17-15)12(22-7(2)19)9(4-14)24-10/h9-13H,5H2,1-3H3/t9-,10?,11?,12?,13-/m0/s1. The Hall–Kier alpha value is -2.83. The summed E-state index contributed by atoms with van der Waals surface area (Å²) >= 11 is 0. The number of esters is 3. The van der Waals surface area contributed by atoms with E-state index in [0.29, 0.717) is 0 Å². The van der Waals surface area contributed by atoms with Gasteiger partial charge < -0.3 is 18.9 Å². The molecule has 0 N–H and O–H groups in total. The number of carbonyl (C=O) groups is 3. The van der Waals surface area contributed by atoms with Crippen LogP contribution in [0.1, 0.15) is 20.8 Å². The maximum atomic E-state index is 11.3. The highest BCUT2D eigenvalue weighted by molar-refractivity contribution is 5.67. The summed E-state index contributed by atoms with van der Waals surface area (Å²) in [6, 6.07) is 0.555. The number of nitrogens with zero attached hydrogens (tertiary/aromatic N) is 4. The predicted octanol–water partition coefficient (Wildman–Crippen LogP) is 0.383. The summed E-state index contributed by atoms with van der Waals surface area (Å²) in [5, 5.41) is 12.7. The molecule has 11 heteroatoms. The SMILES string of the molecule is CC(=O)OCC1O[C@@H](C#N)C(OC(C)=O)C(N=[N+]=[N-])[C@H]1OC(C)=O. The number of ether oxygens (including phenoxy) is 4. The Morgan fingerprint density at radius 1 is 1.17 bits per heavy atom. The van der Waals surface area contributed by atoms with Crippen molar-refractivity contribution in [3.05, 3.63) is 10.4 Å². The van der Waals surface area contributed by atoms with Crippen LogP contribution in [0.4, 0.5) is 0 Å². The van der Waals surface area contributed by atoms with E-state index in [0.717, 1.165) is 20.8 Å². The first kappa shape index (κ1) is 19.2. The third-order valence-corrected chi connectivity index (χ3v) is 3.03. The molecule has 1 rings (SSSR count). The lowest BCUT2D eigenvalue weighted by Gasteiger charge is -2.41. The molecule has 24 heavy (non-hydrogen) atoms. The molecule has 5 atom stereocenters. The second-order valence-corrected chi connectivity index (χ2v) is 4.87. The molecule has 1 fully saturated rings. The molecule has 0 aromatic carbocycles. The van der Waals surface area contributed by atoms with Gasteiger partial charge in [-0.2, -0.15) is 5.26 Å². The Balaban J connectivity index is 3.20. The van der Waals surface area contributed by atoms with Crippen molar-refractivity contribution < 1.29 is 33.3 Å². The second kappa shape index (κ2) is 8.71. The van der Waals surface area contributed by atoms with Crippen LogP contribution in [0.5, 0.6) is 0 Å². The minimum absolute atomic E-state index is 0.338. The lowest BCUT2D eigenvalue weighted by atomic mass is 9.93. The van der Waals surface area contributed by atoms with Gasteiger partial charge in [0.15, 0.2) is 12.2 Å². The van der Waals surface area contributed by atoms with Gasteiger partial charge in [-0.1, -0.05) is 5.11 Å². The summed E-state index contributed by atoms with van der Waals surface area (Å²) in [5.74, 6) is -2.07. The fourth-order valence-corrected chi connectivity index (χ4v) is 2.22. The van der Waals surface area contributed by atoms with Crippen LogP contribution in [-0.4, -0.2) is 55.0 Å². The minimum Gasteiger partial charge on any atom is -0.463 e. The van der Waals surface area contributed by atoms with Gasteiger partial charge in [-0.3, -0.25) is 14.4 Å². The second-order valence-electron chi connectivity index (χ2n) is 4.87. The Bertz CT molecular complexity index is 596. The van der Waals surface area contributed by atoms with Gasteiger partial charge in [0.2, 0.25) is 0 Å². The zero-order valence-electron chi connectivity index (χ0n) is 13.2. The van der Waals surface area contributed by atoms with Gasteiger partial charge in [0, 0.05) is 25.7 Å². The number of hydrogen-bond donors (Lipinski definition) is 0. The van der Waals surface area contributed by atoms with Crippen molar-refractivity contribution in [1.29, 1.82) is 5.26 Å². The van der Waals surface area contributed by atoms with Gasteiger partial charge in [-0.25, -0.2) is 0 Å². The van der Waals surface area contributed by atoms with E-state index in [2.05, 4.69) is 10.0 Å². The summed E-state index contributed by atoms with van der Waals surface area (Å²) in [6.45, 7) is 3.05. The van der Waals surface area contributed by atoms with Crippen molar-refractivity contribution in [2.75, 3.05) is 6.61 Å². The van der Waals surface area contributed by atoms with Gasteiger partial charge in [0.05, 0.1) is 6.07 Å². The van der Waals surface area contributed by atoms with Crippen LogP contribution in [0.3, 0.4) is 0 Å². The van der Waals surface area contributed by atoms with Crippen LogP contribution < -0.4 is 0 Å². The average Bonchev–Trinajstić information content (AvgIpc) is 2.48. The van der Waals surface area contributed by atoms with Crippen LogP contribution in [0.25, 0.3) is 10.4 Å². The van der Waals surface area contributed by atoms with E-state index in [9.17, 15) is 19.6 Å². The maximum Gasteiger partial charge on any atom is 0.303 e. The molecule has 1 aliphatic rings. The Labute approximate surface area is 137 Å². The molecule has 1 aliphatic heterocycles. The highest BCUT2D eigenvalue weighted by Gasteiger charge is 2.50. The quantitative estimate of drug-likeness (QED) is 0.228. The average molecular weight is 340 g/mol. The predicted molar refractivity (Wildman–Crippen MR) is 74.9 cm³/mol. The first-order chi connectivity index (χ1) is 11.3. The molecule has 0 spiro atoms. The van der Waals surface area contributed by atoms with E-state index >= 15 is 0 Å². The normalized spacial score (nSPS) is 28.7. The summed E-state index contributed by atoms with van der Waals surface area (Å²) < 4.78 is 20.3. The molecule has 3 unspecified atom stereocenters. The first-order valence-electron chi connectivity index (χ1n) is 6.87. The van der Waals surface area contributed by atoms with E-state index in [1.54, 1.807) is 6.07 Å². The van der Waals surface area contributed by atoms with E-state index in [1.807, 2.05) is 0 Å². The number of azide groups is 1. The zero-order chi connectivity index (χ0) is 18.3. The number of hydrogen-bond acceptors (Lipinski definition) is 9. The fourth-order valence-electron chi connectivity index (χ4n) is 2.22. The van der Waals surface area contributed by atoms with Crippen molar-refractivity contribution >= 4 is 17.9 Å². The molecule has 0 bridgehead atoms. The van der Waals surface area contributed by atoms with Gasteiger partial charge in [-0.05, 0) is 5.53 Å². The fraction of sp³-hybridized carbons (Fsp3) is 0.692. The molecule has 11 nitrogen and oxygen atoms in total. The monoisotopic (exact) mass is 340 g/mol. The summed E-state index contributed by atoms with van der Waals surface area (Å²) in [7, 11) is 0. The van der Waals surface area contributed by atoms with Crippen molar-refractivity contribution in [2.45, 2.75) is 51.2 Å². The molecule has 0 radical (unpaired) electrons. The van der Waals surface area contributed by atoms with E-state index in [4.69, 9.17) is 24.5 Å². The molecular weight excluding hydrogens is 324 g/mol. The topological polar surface area (TPSA) is 161 Å². The van der Waals surface area contributed by atoms with Crippen LogP contribution in [0, 0.1) is 11.3 Å². The minimum atomic E-state index is -1.29. The molecule has 0 aliphatic carbocycles. The van der Waals surface area contributed by atoms with E-state index in [1.165, 1.54) is 0 Å². The van der Waals surface area contributed by atoms with Crippen molar-refractivity contribution in [3.8, 4) is 6.07 Å². The Morgan fingerprint density at radius 3 is 2.21 bits per heavy atom. The summed E-state index contributed by atoms with van der Waals surface area (Å²) in [5.41, 5.74) is 8.75. The summed E-state index contributed by atoms with van der Waals surface area (Å²) in [6.07, 6.45) is -4.84. The Kier molecular flexibility index (Phi) is 6.98. The lowest BCUT2D eigenvalue weighted by molar-refractivity contribution is -0.206. The highest BCUT2D eigenvalue weighted by atomic mass is 16.6. The molecule has 1 heterocycles. The molecule has 0 saturated carbocycles. The molecule has 0 aromatic heterocycles. The van der Waals surface area contributed by atoms with Gasteiger partial charge in [0.25, 0.3) is 0 Å². The largest absolute Gasteiger partial charge is 0.463 e. The summed E-state index contributed by atoms with van der Waals surface area (Å²) in [4.78, 5) is 36.2. The first-order valence-corrected chi connectivity index (χ1v) is 6.87. The Morgan fingerprint density at radius 2 is 1.75 bits per heavy atom. The van der Waals surface area contributed by atoms with Crippen molar-refractivity contribution in [3.63, 3.8) is 0 Å². The number of carbonyl (C=O) groups excluding carboxylic acids is 3. The number of nitriles is 1.